The van der Waals surface area contributed by atoms with Crippen molar-refractivity contribution in [3.8, 4) is 6.07 Å². The van der Waals surface area contributed by atoms with Gasteiger partial charge in [-0.2, -0.15) is 5.26 Å². The fourth-order valence-electron chi connectivity index (χ4n) is 1.52. The molecular weight excluding hydrogens is 176 g/mol. The second-order valence-corrected chi connectivity index (χ2v) is 3.24. The van der Waals surface area contributed by atoms with E-state index in [9.17, 15) is 0 Å². The van der Waals surface area contributed by atoms with E-state index in [4.69, 9.17) is 5.26 Å². The third kappa shape index (κ3) is 1.14. The normalized spacial score (nSPS) is 12.6. The topological polar surface area (TPSA) is 54.5 Å². The lowest BCUT2D eigenvalue weighted by atomic mass is 10.2. The van der Waals surface area contributed by atoms with Gasteiger partial charge < -0.3 is 4.57 Å². The van der Waals surface area contributed by atoms with Crippen molar-refractivity contribution in [2.24, 2.45) is 7.05 Å². The highest BCUT2D eigenvalue weighted by Crippen LogP contribution is 2.18. The van der Waals surface area contributed by atoms with E-state index in [1.807, 2.05) is 24.6 Å². The molecule has 0 aliphatic rings. The summed E-state index contributed by atoms with van der Waals surface area (Å²) >= 11 is 0. The number of nitriles is 1. The standard InChI is InChI=1S/C10H10N4/c1-7(5-11)10-13-8-6-12-4-3-9(8)14(10)2/h3-4,6-7H,1-2H3. The molecule has 0 saturated carbocycles. The van der Waals surface area contributed by atoms with E-state index in [2.05, 4.69) is 16.0 Å². The molecule has 70 valence electrons. The highest BCUT2D eigenvalue weighted by Gasteiger charge is 2.12. The number of nitrogens with zero attached hydrogens (tertiary/aromatic N) is 4. The van der Waals surface area contributed by atoms with Gasteiger partial charge in [-0.15, -0.1) is 0 Å². The molecule has 0 fully saturated rings. The van der Waals surface area contributed by atoms with Crippen LogP contribution in [-0.4, -0.2) is 14.5 Å². The van der Waals surface area contributed by atoms with Crippen molar-refractivity contribution in [3.05, 3.63) is 24.3 Å². The van der Waals surface area contributed by atoms with Gasteiger partial charge >= 0.3 is 0 Å². The summed E-state index contributed by atoms with van der Waals surface area (Å²) < 4.78 is 1.94. The molecule has 1 atom stereocenters. The van der Waals surface area contributed by atoms with Crippen LogP contribution in [0.1, 0.15) is 18.7 Å². The Morgan fingerprint density at radius 3 is 3.00 bits per heavy atom. The Bertz CT molecular complexity index is 506. The first-order chi connectivity index (χ1) is 6.74. The molecule has 0 bridgehead atoms. The quantitative estimate of drug-likeness (QED) is 0.679. The molecular formula is C10H10N4. The summed E-state index contributed by atoms with van der Waals surface area (Å²) in [6.07, 6.45) is 3.44. The maximum Gasteiger partial charge on any atom is 0.126 e. The summed E-state index contributed by atoms with van der Waals surface area (Å²) in [4.78, 5) is 8.35. The summed E-state index contributed by atoms with van der Waals surface area (Å²) in [5.41, 5.74) is 1.85. The Balaban J connectivity index is 2.70. The van der Waals surface area contributed by atoms with Gasteiger partial charge in [0.25, 0.3) is 0 Å². The van der Waals surface area contributed by atoms with Crippen LogP contribution in [0.15, 0.2) is 18.5 Å². The molecule has 1 unspecified atom stereocenters. The predicted octanol–water partition coefficient (Wildman–Crippen LogP) is 1.60. The van der Waals surface area contributed by atoms with Gasteiger partial charge in [-0.05, 0) is 13.0 Å². The Morgan fingerprint density at radius 2 is 2.36 bits per heavy atom. The van der Waals surface area contributed by atoms with Gasteiger partial charge in [-0.25, -0.2) is 4.98 Å². The van der Waals surface area contributed by atoms with E-state index in [1.165, 1.54) is 0 Å². The fourth-order valence-corrected chi connectivity index (χ4v) is 1.52. The summed E-state index contributed by atoms with van der Waals surface area (Å²) in [7, 11) is 1.92. The molecule has 0 saturated heterocycles. The molecule has 2 rings (SSSR count). The highest BCUT2D eigenvalue weighted by molar-refractivity contribution is 5.74. The molecule has 2 aromatic heterocycles. The number of hydrogen-bond acceptors (Lipinski definition) is 3. The van der Waals surface area contributed by atoms with Gasteiger partial charge in [0.15, 0.2) is 0 Å². The van der Waals surface area contributed by atoms with Crippen molar-refractivity contribution in [1.82, 2.24) is 14.5 Å². The predicted molar refractivity (Wildman–Crippen MR) is 52.5 cm³/mol. The van der Waals surface area contributed by atoms with Gasteiger partial charge in [-0.1, -0.05) is 0 Å². The Morgan fingerprint density at radius 1 is 1.57 bits per heavy atom. The average Bonchev–Trinajstić information content (AvgIpc) is 2.56. The second-order valence-electron chi connectivity index (χ2n) is 3.24. The van der Waals surface area contributed by atoms with E-state index >= 15 is 0 Å². The lowest BCUT2D eigenvalue weighted by Crippen LogP contribution is -2.00. The molecule has 2 aromatic rings. The third-order valence-corrected chi connectivity index (χ3v) is 2.30. The molecule has 0 amide bonds. The van der Waals surface area contributed by atoms with E-state index in [1.54, 1.807) is 12.4 Å². The van der Waals surface area contributed by atoms with Crippen LogP contribution in [0.5, 0.6) is 0 Å². The van der Waals surface area contributed by atoms with Crippen LogP contribution in [-0.2, 0) is 7.05 Å². The van der Waals surface area contributed by atoms with E-state index in [0.717, 1.165) is 16.9 Å². The van der Waals surface area contributed by atoms with E-state index in [-0.39, 0.29) is 5.92 Å². The lowest BCUT2D eigenvalue weighted by Gasteiger charge is -2.01. The largest absolute Gasteiger partial charge is 0.330 e. The fraction of sp³-hybridized carbons (Fsp3) is 0.300. The van der Waals surface area contributed by atoms with Crippen molar-refractivity contribution in [2.75, 3.05) is 0 Å². The smallest absolute Gasteiger partial charge is 0.126 e. The Labute approximate surface area is 81.8 Å². The molecule has 0 N–H and O–H groups in total. The molecule has 4 nitrogen and oxygen atoms in total. The first-order valence-electron chi connectivity index (χ1n) is 4.40. The zero-order valence-electron chi connectivity index (χ0n) is 8.10. The lowest BCUT2D eigenvalue weighted by molar-refractivity contribution is 0.778. The zero-order chi connectivity index (χ0) is 10.1. The average molecular weight is 186 g/mol. The van der Waals surface area contributed by atoms with E-state index < -0.39 is 0 Å². The van der Waals surface area contributed by atoms with Crippen molar-refractivity contribution >= 4 is 11.0 Å². The zero-order valence-corrected chi connectivity index (χ0v) is 8.10. The molecule has 0 aliphatic heterocycles. The molecule has 0 aromatic carbocycles. The van der Waals surface area contributed by atoms with Gasteiger partial charge in [0.05, 0.1) is 17.8 Å². The molecule has 4 heteroatoms. The first kappa shape index (κ1) is 8.70. The van der Waals surface area contributed by atoms with Crippen LogP contribution >= 0.6 is 0 Å². The van der Waals surface area contributed by atoms with Crippen LogP contribution in [0.4, 0.5) is 0 Å². The Hall–Kier alpha value is -1.89. The number of aromatic nitrogens is 3. The molecule has 0 aliphatic carbocycles. The number of aryl methyl sites for hydroxylation is 1. The third-order valence-electron chi connectivity index (χ3n) is 2.30. The number of hydrogen-bond donors (Lipinski definition) is 0. The van der Waals surface area contributed by atoms with Gasteiger partial charge in [-0.3, -0.25) is 4.98 Å². The maximum atomic E-state index is 8.82. The summed E-state index contributed by atoms with van der Waals surface area (Å²) in [5.74, 6) is 0.600. The number of rotatable bonds is 1. The number of fused-ring (bicyclic) bond motifs is 1. The van der Waals surface area contributed by atoms with Gasteiger partial charge in [0.1, 0.15) is 17.3 Å². The minimum absolute atomic E-state index is 0.188. The Kier molecular flexibility index (Phi) is 1.93. The minimum Gasteiger partial charge on any atom is -0.330 e. The van der Waals surface area contributed by atoms with Crippen molar-refractivity contribution in [1.29, 1.82) is 5.26 Å². The van der Waals surface area contributed by atoms with Gasteiger partial charge in [0.2, 0.25) is 0 Å². The minimum atomic E-state index is -0.188. The maximum absolute atomic E-state index is 8.82. The second kappa shape index (κ2) is 3.11. The van der Waals surface area contributed by atoms with Crippen molar-refractivity contribution in [3.63, 3.8) is 0 Å². The summed E-state index contributed by atoms with van der Waals surface area (Å²) in [5, 5.41) is 8.82. The van der Waals surface area contributed by atoms with Crippen molar-refractivity contribution in [2.45, 2.75) is 12.8 Å². The van der Waals surface area contributed by atoms with Crippen molar-refractivity contribution < 1.29 is 0 Å². The SMILES string of the molecule is CC(C#N)c1nc2cnccc2n1C. The summed E-state index contributed by atoms with van der Waals surface area (Å²) in [6.45, 7) is 1.84. The molecule has 14 heavy (non-hydrogen) atoms. The monoisotopic (exact) mass is 186 g/mol. The van der Waals surface area contributed by atoms with Crippen LogP contribution in [0.3, 0.4) is 0 Å². The van der Waals surface area contributed by atoms with Gasteiger partial charge in [0, 0.05) is 13.2 Å². The molecule has 0 spiro atoms. The van der Waals surface area contributed by atoms with Crippen LogP contribution in [0.25, 0.3) is 11.0 Å². The van der Waals surface area contributed by atoms with Crippen LogP contribution < -0.4 is 0 Å². The van der Waals surface area contributed by atoms with Crippen LogP contribution in [0, 0.1) is 11.3 Å². The first-order valence-corrected chi connectivity index (χ1v) is 4.40. The summed E-state index contributed by atoms with van der Waals surface area (Å²) in [6, 6.07) is 4.08. The molecule has 0 radical (unpaired) electrons. The number of imidazole rings is 1. The van der Waals surface area contributed by atoms with Crippen LogP contribution in [0.2, 0.25) is 0 Å². The van der Waals surface area contributed by atoms with E-state index in [0.29, 0.717) is 0 Å². The molecule has 2 heterocycles. The highest BCUT2D eigenvalue weighted by atomic mass is 15.1. The number of pyridine rings is 1.